The molecule has 0 saturated carbocycles. The van der Waals surface area contributed by atoms with E-state index in [-0.39, 0.29) is 0 Å². The normalized spacial score (nSPS) is 12.8. The van der Waals surface area contributed by atoms with Crippen molar-refractivity contribution in [1.29, 1.82) is 0 Å². The van der Waals surface area contributed by atoms with Crippen LogP contribution in [0.3, 0.4) is 0 Å². The van der Waals surface area contributed by atoms with Crippen LogP contribution in [0.5, 0.6) is 0 Å². The van der Waals surface area contributed by atoms with Crippen LogP contribution in [-0.4, -0.2) is 5.11 Å². The SMILES string of the molecule is O[C@@H](c1ccc2c(c1)oc1ccccc12)c1cccc2ccccc12. The van der Waals surface area contributed by atoms with Crippen molar-refractivity contribution in [2.45, 2.75) is 6.10 Å². The molecule has 0 spiro atoms. The third kappa shape index (κ3) is 2.23. The Bertz CT molecular complexity index is 1210. The minimum Gasteiger partial charge on any atom is -0.456 e. The zero-order chi connectivity index (χ0) is 16.8. The van der Waals surface area contributed by atoms with E-state index >= 15 is 0 Å². The molecule has 1 N–H and O–H groups in total. The van der Waals surface area contributed by atoms with Gasteiger partial charge in [-0.15, -0.1) is 0 Å². The third-order valence-electron chi connectivity index (χ3n) is 4.84. The Balaban J connectivity index is 1.68. The minimum atomic E-state index is -0.691. The van der Waals surface area contributed by atoms with Gasteiger partial charge in [-0.1, -0.05) is 72.8 Å². The summed E-state index contributed by atoms with van der Waals surface area (Å²) < 4.78 is 5.96. The fourth-order valence-corrected chi connectivity index (χ4v) is 3.58. The monoisotopic (exact) mass is 324 g/mol. The topological polar surface area (TPSA) is 33.4 Å². The zero-order valence-corrected chi connectivity index (χ0v) is 13.5. The molecule has 0 amide bonds. The van der Waals surface area contributed by atoms with Gasteiger partial charge in [0.15, 0.2) is 0 Å². The van der Waals surface area contributed by atoms with E-state index in [2.05, 4.69) is 18.2 Å². The van der Waals surface area contributed by atoms with Crippen LogP contribution >= 0.6 is 0 Å². The summed E-state index contributed by atoms with van der Waals surface area (Å²) in [5, 5.41) is 15.4. The highest BCUT2D eigenvalue weighted by Gasteiger charge is 2.15. The Morgan fingerprint density at radius 3 is 2.28 bits per heavy atom. The minimum absolute atomic E-state index is 0.691. The number of hydrogen-bond donors (Lipinski definition) is 1. The molecule has 0 saturated heterocycles. The number of para-hydroxylation sites is 1. The predicted octanol–water partition coefficient (Wildman–Crippen LogP) is 5.82. The molecule has 1 heterocycles. The molecular weight excluding hydrogens is 308 g/mol. The lowest BCUT2D eigenvalue weighted by Crippen LogP contribution is -2.00. The van der Waals surface area contributed by atoms with Crippen LogP contribution in [0.25, 0.3) is 32.7 Å². The molecule has 5 aromatic rings. The molecular formula is C23H16O2. The average molecular weight is 324 g/mol. The number of aliphatic hydroxyl groups excluding tert-OH is 1. The molecule has 4 aromatic carbocycles. The van der Waals surface area contributed by atoms with Gasteiger partial charge in [-0.2, -0.15) is 0 Å². The Labute approximate surface area is 144 Å². The third-order valence-corrected chi connectivity index (χ3v) is 4.84. The van der Waals surface area contributed by atoms with Crippen molar-refractivity contribution in [1.82, 2.24) is 0 Å². The van der Waals surface area contributed by atoms with Gasteiger partial charge in [0.05, 0.1) is 0 Å². The van der Waals surface area contributed by atoms with Gasteiger partial charge in [0.2, 0.25) is 0 Å². The molecule has 0 bridgehead atoms. The van der Waals surface area contributed by atoms with Crippen LogP contribution in [0.15, 0.2) is 89.3 Å². The second-order valence-electron chi connectivity index (χ2n) is 6.32. The molecule has 120 valence electrons. The first-order valence-electron chi connectivity index (χ1n) is 8.38. The molecule has 1 atom stereocenters. The first-order chi connectivity index (χ1) is 12.3. The number of furan rings is 1. The molecule has 0 fully saturated rings. The van der Waals surface area contributed by atoms with Crippen LogP contribution in [0.4, 0.5) is 0 Å². The van der Waals surface area contributed by atoms with Gasteiger partial charge >= 0.3 is 0 Å². The fraction of sp³-hybridized carbons (Fsp3) is 0.0435. The standard InChI is InChI=1S/C23H16O2/c24-23(20-10-5-7-15-6-1-2-8-17(15)20)16-12-13-19-18-9-3-4-11-21(18)25-22(19)14-16/h1-14,23-24H/t23-/m0/s1. The van der Waals surface area contributed by atoms with E-state index in [9.17, 15) is 5.11 Å². The second kappa shape index (κ2) is 5.47. The summed E-state index contributed by atoms with van der Waals surface area (Å²) in [6.07, 6.45) is -0.691. The first kappa shape index (κ1) is 14.3. The molecule has 5 rings (SSSR count). The molecule has 0 aliphatic carbocycles. The summed E-state index contributed by atoms with van der Waals surface area (Å²) >= 11 is 0. The van der Waals surface area contributed by atoms with Crippen molar-refractivity contribution in [3.8, 4) is 0 Å². The molecule has 1 aromatic heterocycles. The lowest BCUT2D eigenvalue weighted by molar-refractivity contribution is 0.222. The highest BCUT2D eigenvalue weighted by Crippen LogP contribution is 2.33. The molecule has 25 heavy (non-hydrogen) atoms. The van der Waals surface area contributed by atoms with Gasteiger partial charge in [0.25, 0.3) is 0 Å². The Hall–Kier alpha value is -3.10. The molecule has 2 nitrogen and oxygen atoms in total. The highest BCUT2D eigenvalue weighted by molar-refractivity contribution is 6.05. The van der Waals surface area contributed by atoms with Crippen molar-refractivity contribution >= 4 is 32.7 Å². The predicted molar refractivity (Wildman–Crippen MR) is 102 cm³/mol. The number of rotatable bonds is 2. The summed E-state index contributed by atoms with van der Waals surface area (Å²) in [5.41, 5.74) is 3.42. The van der Waals surface area contributed by atoms with Crippen molar-refractivity contribution < 1.29 is 9.52 Å². The van der Waals surface area contributed by atoms with E-state index in [1.165, 1.54) is 0 Å². The summed E-state index contributed by atoms with van der Waals surface area (Å²) in [4.78, 5) is 0. The Morgan fingerprint density at radius 1 is 0.640 bits per heavy atom. The molecule has 2 heteroatoms. The van der Waals surface area contributed by atoms with E-state index < -0.39 is 6.10 Å². The van der Waals surface area contributed by atoms with Crippen LogP contribution in [0.1, 0.15) is 17.2 Å². The summed E-state index contributed by atoms with van der Waals surface area (Å²) in [6.45, 7) is 0. The number of hydrogen-bond acceptors (Lipinski definition) is 2. The zero-order valence-electron chi connectivity index (χ0n) is 13.5. The van der Waals surface area contributed by atoms with E-state index in [0.717, 1.165) is 43.8 Å². The van der Waals surface area contributed by atoms with Crippen LogP contribution in [0.2, 0.25) is 0 Å². The van der Waals surface area contributed by atoms with Gasteiger partial charge < -0.3 is 9.52 Å². The number of aliphatic hydroxyl groups is 1. The van der Waals surface area contributed by atoms with Crippen molar-refractivity contribution in [2.24, 2.45) is 0 Å². The maximum absolute atomic E-state index is 11.0. The average Bonchev–Trinajstić information content (AvgIpc) is 3.04. The van der Waals surface area contributed by atoms with Crippen LogP contribution < -0.4 is 0 Å². The fourth-order valence-electron chi connectivity index (χ4n) is 3.58. The van der Waals surface area contributed by atoms with E-state index in [1.807, 2.05) is 66.7 Å². The lowest BCUT2D eigenvalue weighted by atomic mass is 9.95. The van der Waals surface area contributed by atoms with E-state index in [1.54, 1.807) is 0 Å². The quantitative estimate of drug-likeness (QED) is 0.444. The van der Waals surface area contributed by atoms with E-state index in [4.69, 9.17) is 4.42 Å². The number of benzene rings is 4. The smallest absolute Gasteiger partial charge is 0.135 e. The summed E-state index contributed by atoms with van der Waals surface area (Å²) in [6, 6.07) is 28.1. The molecule has 0 radical (unpaired) electrons. The van der Waals surface area contributed by atoms with Crippen LogP contribution in [-0.2, 0) is 0 Å². The number of fused-ring (bicyclic) bond motifs is 4. The maximum atomic E-state index is 11.0. The Morgan fingerprint density at radius 2 is 1.36 bits per heavy atom. The van der Waals surface area contributed by atoms with E-state index in [0.29, 0.717) is 0 Å². The maximum Gasteiger partial charge on any atom is 0.135 e. The van der Waals surface area contributed by atoms with Crippen LogP contribution in [0, 0.1) is 0 Å². The van der Waals surface area contributed by atoms with Crippen molar-refractivity contribution in [3.63, 3.8) is 0 Å². The lowest BCUT2D eigenvalue weighted by Gasteiger charge is -2.14. The molecule has 0 aliphatic heterocycles. The van der Waals surface area contributed by atoms with Gasteiger partial charge in [0.1, 0.15) is 17.3 Å². The van der Waals surface area contributed by atoms with Gasteiger partial charge in [-0.3, -0.25) is 0 Å². The highest BCUT2D eigenvalue weighted by atomic mass is 16.3. The van der Waals surface area contributed by atoms with Gasteiger partial charge in [-0.05, 0) is 34.0 Å². The van der Waals surface area contributed by atoms with Gasteiger partial charge in [0, 0.05) is 10.8 Å². The Kier molecular flexibility index (Phi) is 3.12. The first-order valence-corrected chi connectivity index (χ1v) is 8.38. The van der Waals surface area contributed by atoms with Crippen molar-refractivity contribution in [2.75, 3.05) is 0 Å². The summed E-state index contributed by atoms with van der Waals surface area (Å²) in [7, 11) is 0. The van der Waals surface area contributed by atoms with Crippen molar-refractivity contribution in [3.05, 3.63) is 96.1 Å². The molecule has 0 unspecified atom stereocenters. The molecule has 0 aliphatic rings. The largest absolute Gasteiger partial charge is 0.456 e. The van der Waals surface area contributed by atoms with Gasteiger partial charge in [-0.25, -0.2) is 0 Å². The summed E-state index contributed by atoms with van der Waals surface area (Å²) in [5.74, 6) is 0. The second-order valence-corrected chi connectivity index (χ2v) is 6.32.